The number of likely N-dealkylation sites (tertiary alicyclic amines) is 1. The Morgan fingerprint density at radius 3 is 2.20 bits per heavy atom. The predicted molar refractivity (Wildman–Crippen MR) is 29.7 cm³/mol. The summed E-state index contributed by atoms with van der Waals surface area (Å²) in [5, 5.41) is 6.87. The van der Waals surface area contributed by atoms with Crippen LogP contribution < -0.4 is 0 Å². The van der Waals surface area contributed by atoms with Crippen LogP contribution in [-0.2, 0) is 0 Å². The molecule has 58 valence electrons. The van der Waals surface area contributed by atoms with Gasteiger partial charge in [-0.25, -0.2) is 0 Å². The van der Waals surface area contributed by atoms with E-state index in [-0.39, 0.29) is 23.7 Å². The SMILES string of the molecule is N=C1CCCN1C(F)(F)F. The van der Waals surface area contributed by atoms with E-state index in [1.165, 1.54) is 0 Å². The molecule has 0 atom stereocenters. The number of hydrogen-bond donors (Lipinski definition) is 1. The minimum absolute atomic E-state index is 0.0532. The summed E-state index contributed by atoms with van der Waals surface area (Å²) >= 11 is 0. The first-order valence-corrected chi connectivity index (χ1v) is 2.93. The Hall–Kier alpha value is -0.740. The molecule has 5 heteroatoms. The highest BCUT2D eigenvalue weighted by molar-refractivity contribution is 5.81. The quantitative estimate of drug-likeness (QED) is 0.524. The van der Waals surface area contributed by atoms with Crippen LogP contribution in [0.1, 0.15) is 12.8 Å². The predicted octanol–water partition coefficient (Wildman–Crippen LogP) is 1.58. The number of rotatable bonds is 0. The molecule has 0 aromatic carbocycles. The van der Waals surface area contributed by atoms with Crippen molar-refractivity contribution in [1.29, 1.82) is 5.41 Å². The van der Waals surface area contributed by atoms with Crippen LogP contribution in [0.25, 0.3) is 0 Å². The van der Waals surface area contributed by atoms with E-state index in [1.807, 2.05) is 0 Å². The third-order valence-corrected chi connectivity index (χ3v) is 1.43. The molecule has 0 bridgehead atoms. The summed E-state index contributed by atoms with van der Waals surface area (Å²) in [6.07, 6.45) is -3.65. The van der Waals surface area contributed by atoms with Gasteiger partial charge in [-0.2, -0.15) is 13.2 Å². The summed E-state index contributed by atoms with van der Waals surface area (Å²) in [7, 11) is 0. The summed E-state index contributed by atoms with van der Waals surface area (Å²) in [6, 6.07) is 0. The van der Waals surface area contributed by atoms with Gasteiger partial charge < -0.3 is 0 Å². The normalized spacial score (nSPS) is 20.3. The third-order valence-electron chi connectivity index (χ3n) is 1.43. The van der Waals surface area contributed by atoms with Crippen LogP contribution in [0.2, 0.25) is 0 Å². The number of nitrogens with zero attached hydrogens (tertiary/aromatic N) is 1. The van der Waals surface area contributed by atoms with Gasteiger partial charge >= 0.3 is 6.30 Å². The number of alkyl halides is 3. The molecule has 1 N–H and O–H groups in total. The second-order valence-electron chi connectivity index (χ2n) is 2.17. The van der Waals surface area contributed by atoms with Gasteiger partial charge in [0.25, 0.3) is 0 Å². The van der Waals surface area contributed by atoms with Gasteiger partial charge in [-0.15, -0.1) is 0 Å². The van der Waals surface area contributed by atoms with Gasteiger partial charge in [0.1, 0.15) is 5.84 Å². The summed E-state index contributed by atoms with van der Waals surface area (Å²) in [5.74, 6) is -0.312. The monoisotopic (exact) mass is 152 g/mol. The van der Waals surface area contributed by atoms with Crippen molar-refractivity contribution in [3.8, 4) is 0 Å². The fourth-order valence-corrected chi connectivity index (χ4v) is 0.954. The lowest BCUT2D eigenvalue weighted by Gasteiger charge is -2.20. The van der Waals surface area contributed by atoms with Crippen molar-refractivity contribution in [2.24, 2.45) is 0 Å². The maximum Gasteiger partial charge on any atom is 0.485 e. The van der Waals surface area contributed by atoms with E-state index in [9.17, 15) is 13.2 Å². The Labute approximate surface area is 56.1 Å². The highest BCUT2D eigenvalue weighted by Gasteiger charge is 2.40. The molecule has 0 spiro atoms. The van der Waals surface area contributed by atoms with E-state index in [2.05, 4.69) is 0 Å². The van der Waals surface area contributed by atoms with E-state index < -0.39 is 6.30 Å². The molecule has 0 amide bonds. The molecule has 1 fully saturated rings. The fraction of sp³-hybridized carbons (Fsp3) is 0.800. The first-order chi connectivity index (χ1) is 4.52. The summed E-state index contributed by atoms with van der Waals surface area (Å²) in [5.41, 5.74) is 0. The van der Waals surface area contributed by atoms with Crippen molar-refractivity contribution in [2.45, 2.75) is 19.1 Å². The van der Waals surface area contributed by atoms with Crippen molar-refractivity contribution in [2.75, 3.05) is 6.54 Å². The van der Waals surface area contributed by atoms with E-state index >= 15 is 0 Å². The van der Waals surface area contributed by atoms with E-state index in [0.29, 0.717) is 6.42 Å². The van der Waals surface area contributed by atoms with Crippen LogP contribution >= 0.6 is 0 Å². The largest absolute Gasteiger partial charge is 0.485 e. The highest BCUT2D eigenvalue weighted by atomic mass is 19.4. The standard InChI is InChI=1S/C5H7F3N2/c6-5(7,8)10-3-1-2-4(10)9/h9H,1-3H2. The second-order valence-corrected chi connectivity index (χ2v) is 2.17. The minimum atomic E-state index is -4.34. The number of amidine groups is 1. The molecule has 0 aliphatic carbocycles. The van der Waals surface area contributed by atoms with Gasteiger partial charge in [0.15, 0.2) is 0 Å². The average molecular weight is 152 g/mol. The minimum Gasteiger partial charge on any atom is -0.288 e. The first kappa shape index (κ1) is 7.37. The highest BCUT2D eigenvalue weighted by Crippen LogP contribution is 2.26. The molecule has 10 heavy (non-hydrogen) atoms. The lowest BCUT2D eigenvalue weighted by Crippen LogP contribution is -2.38. The van der Waals surface area contributed by atoms with Gasteiger partial charge in [0.2, 0.25) is 0 Å². The maximum atomic E-state index is 11.8. The molecule has 1 aliphatic heterocycles. The van der Waals surface area contributed by atoms with Crippen molar-refractivity contribution in [3.05, 3.63) is 0 Å². The Morgan fingerprint density at radius 1 is 1.40 bits per heavy atom. The van der Waals surface area contributed by atoms with E-state index in [0.717, 1.165) is 0 Å². The Bertz CT molecular complexity index is 151. The molecule has 0 aromatic rings. The van der Waals surface area contributed by atoms with Gasteiger partial charge in [0, 0.05) is 13.0 Å². The molecule has 1 saturated heterocycles. The molecule has 1 heterocycles. The van der Waals surface area contributed by atoms with Crippen LogP contribution in [0.15, 0.2) is 0 Å². The van der Waals surface area contributed by atoms with Crippen LogP contribution in [-0.4, -0.2) is 23.6 Å². The van der Waals surface area contributed by atoms with Crippen LogP contribution in [0.3, 0.4) is 0 Å². The van der Waals surface area contributed by atoms with Crippen molar-refractivity contribution < 1.29 is 13.2 Å². The molecule has 1 aliphatic rings. The molecule has 0 aromatic heterocycles. The fourth-order valence-electron chi connectivity index (χ4n) is 0.954. The molecule has 0 unspecified atom stereocenters. The summed E-state index contributed by atoms with van der Waals surface area (Å²) < 4.78 is 35.4. The molecule has 0 saturated carbocycles. The Kier molecular flexibility index (Phi) is 1.58. The molecule has 2 nitrogen and oxygen atoms in total. The average Bonchev–Trinajstić information content (AvgIpc) is 2.11. The first-order valence-electron chi connectivity index (χ1n) is 2.93. The molecular formula is C5H7F3N2. The Morgan fingerprint density at radius 2 is 2.00 bits per heavy atom. The van der Waals surface area contributed by atoms with Crippen LogP contribution in [0.4, 0.5) is 13.2 Å². The third kappa shape index (κ3) is 1.22. The second kappa shape index (κ2) is 2.14. The summed E-state index contributed by atoms with van der Waals surface area (Å²) in [6.45, 7) is -0.0532. The van der Waals surface area contributed by atoms with Gasteiger partial charge in [-0.3, -0.25) is 10.3 Å². The zero-order chi connectivity index (χ0) is 7.78. The molecule has 0 radical (unpaired) electrons. The lowest BCUT2D eigenvalue weighted by molar-refractivity contribution is -0.214. The van der Waals surface area contributed by atoms with Gasteiger partial charge in [-0.1, -0.05) is 0 Å². The number of nitrogens with one attached hydrogen (secondary N) is 1. The van der Waals surface area contributed by atoms with Crippen LogP contribution in [0.5, 0.6) is 0 Å². The van der Waals surface area contributed by atoms with Gasteiger partial charge in [-0.05, 0) is 6.42 Å². The van der Waals surface area contributed by atoms with Gasteiger partial charge in [0.05, 0.1) is 0 Å². The van der Waals surface area contributed by atoms with Crippen molar-refractivity contribution >= 4 is 5.84 Å². The van der Waals surface area contributed by atoms with E-state index in [4.69, 9.17) is 5.41 Å². The molecular weight excluding hydrogens is 145 g/mol. The summed E-state index contributed by atoms with van der Waals surface area (Å²) in [4.78, 5) is 0.174. The van der Waals surface area contributed by atoms with E-state index in [1.54, 1.807) is 0 Å². The topological polar surface area (TPSA) is 27.1 Å². The molecule has 1 rings (SSSR count). The van der Waals surface area contributed by atoms with Crippen molar-refractivity contribution in [3.63, 3.8) is 0 Å². The maximum absolute atomic E-state index is 11.8. The number of halogens is 3. The van der Waals surface area contributed by atoms with Crippen molar-refractivity contribution in [1.82, 2.24) is 4.90 Å². The zero-order valence-electron chi connectivity index (χ0n) is 5.20. The smallest absolute Gasteiger partial charge is 0.288 e. The lowest BCUT2D eigenvalue weighted by atomic mass is 10.4. The number of hydrogen-bond acceptors (Lipinski definition) is 1. The van der Waals surface area contributed by atoms with Crippen LogP contribution in [0, 0.1) is 5.41 Å². The zero-order valence-corrected chi connectivity index (χ0v) is 5.20. The Balaban J connectivity index is 2.64.